The predicted octanol–water partition coefficient (Wildman–Crippen LogP) is 1.71. The van der Waals surface area contributed by atoms with Crippen molar-refractivity contribution < 1.29 is 19.8 Å². The Labute approximate surface area is 159 Å². The first-order valence-electron chi connectivity index (χ1n) is 8.80. The van der Waals surface area contributed by atoms with Gasteiger partial charge in [-0.25, -0.2) is 0 Å². The van der Waals surface area contributed by atoms with Crippen LogP contribution in [0, 0.1) is 0 Å². The first kappa shape index (κ1) is 20.9. The van der Waals surface area contributed by atoms with Gasteiger partial charge in [-0.05, 0) is 49.4 Å². The SMILES string of the molecule is CNC(NO)C(C)N(C)C(=O)c1ccc(-c2ccc(OCCO)cc2)cc1. The number of hydrogen-bond donors (Lipinski definition) is 4. The summed E-state index contributed by atoms with van der Waals surface area (Å²) in [4.78, 5) is 14.2. The third-order valence-corrected chi connectivity index (χ3v) is 4.54. The number of nitrogens with one attached hydrogen (secondary N) is 2. The molecule has 2 rings (SSSR count). The molecule has 0 radical (unpaired) electrons. The fourth-order valence-electron chi connectivity index (χ4n) is 2.74. The lowest BCUT2D eigenvalue weighted by Gasteiger charge is -2.31. The minimum Gasteiger partial charge on any atom is -0.491 e. The molecule has 1 amide bonds. The number of aliphatic hydroxyl groups excluding tert-OH is 1. The molecular weight excluding hydrogens is 346 g/mol. The lowest BCUT2D eigenvalue weighted by atomic mass is 10.0. The van der Waals surface area contributed by atoms with E-state index in [9.17, 15) is 4.79 Å². The molecule has 0 aromatic heterocycles. The first-order chi connectivity index (χ1) is 13.0. The van der Waals surface area contributed by atoms with E-state index in [0.29, 0.717) is 11.3 Å². The number of likely N-dealkylation sites (N-methyl/N-ethyl adjacent to an activating group) is 2. The van der Waals surface area contributed by atoms with E-state index in [1.807, 2.05) is 43.3 Å². The molecule has 4 N–H and O–H groups in total. The van der Waals surface area contributed by atoms with Crippen LogP contribution < -0.4 is 15.5 Å². The third-order valence-electron chi connectivity index (χ3n) is 4.54. The molecule has 0 bridgehead atoms. The van der Waals surface area contributed by atoms with Gasteiger partial charge in [-0.3, -0.25) is 4.79 Å². The third kappa shape index (κ3) is 5.27. The van der Waals surface area contributed by atoms with Gasteiger partial charge in [-0.1, -0.05) is 24.3 Å². The molecule has 2 aromatic carbocycles. The molecule has 0 saturated carbocycles. The van der Waals surface area contributed by atoms with Gasteiger partial charge in [0.2, 0.25) is 0 Å². The van der Waals surface area contributed by atoms with E-state index in [-0.39, 0.29) is 25.2 Å². The summed E-state index contributed by atoms with van der Waals surface area (Å²) in [6.45, 7) is 2.09. The molecule has 0 fully saturated rings. The molecule has 0 aliphatic carbocycles. The van der Waals surface area contributed by atoms with Crippen LogP contribution in [0.3, 0.4) is 0 Å². The molecule has 146 valence electrons. The quantitative estimate of drug-likeness (QED) is 0.395. The Balaban J connectivity index is 2.08. The molecule has 2 atom stereocenters. The zero-order chi connectivity index (χ0) is 19.8. The molecule has 2 unspecified atom stereocenters. The average Bonchev–Trinajstić information content (AvgIpc) is 2.72. The van der Waals surface area contributed by atoms with Gasteiger partial charge in [0.05, 0.1) is 12.6 Å². The summed E-state index contributed by atoms with van der Waals surface area (Å²) in [7, 11) is 3.41. The number of benzene rings is 2. The zero-order valence-corrected chi connectivity index (χ0v) is 15.8. The molecule has 0 saturated heterocycles. The maximum absolute atomic E-state index is 12.7. The summed E-state index contributed by atoms with van der Waals surface area (Å²) in [5, 5.41) is 20.9. The average molecular weight is 373 g/mol. The molecule has 27 heavy (non-hydrogen) atoms. The van der Waals surface area contributed by atoms with Crippen LogP contribution in [0.4, 0.5) is 0 Å². The van der Waals surface area contributed by atoms with Crippen LogP contribution >= 0.6 is 0 Å². The van der Waals surface area contributed by atoms with Crippen LogP contribution in [-0.4, -0.2) is 60.6 Å². The van der Waals surface area contributed by atoms with Crippen molar-refractivity contribution in [3.63, 3.8) is 0 Å². The van der Waals surface area contributed by atoms with Crippen LogP contribution in [0.1, 0.15) is 17.3 Å². The molecule has 7 heteroatoms. The second-order valence-electron chi connectivity index (χ2n) is 6.23. The first-order valence-corrected chi connectivity index (χ1v) is 8.80. The number of nitrogens with zero attached hydrogens (tertiary/aromatic N) is 1. The maximum Gasteiger partial charge on any atom is 0.253 e. The van der Waals surface area contributed by atoms with Gasteiger partial charge in [-0.2, -0.15) is 5.48 Å². The van der Waals surface area contributed by atoms with E-state index >= 15 is 0 Å². The highest BCUT2D eigenvalue weighted by Crippen LogP contribution is 2.23. The fraction of sp³-hybridized carbons (Fsp3) is 0.350. The van der Waals surface area contributed by atoms with Gasteiger partial charge >= 0.3 is 0 Å². The Morgan fingerprint density at radius 1 is 1.11 bits per heavy atom. The Hall–Kier alpha value is -2.45. The van der Waals surface area contributed by atoms with Gasteiger partial charge in [0.1, 0.15) is 18.5 Å². The summed E-state index contributed by atoms with van der Waals surface area (Å²) in [5.41, 5.74) is 4.72. The molecule has 7 nitrogen and oxygen atoms in total. The highest BCUT2D eigenvalue weighted by molar-refractivity contribution is 5.94. The fourth-order valence-corrected chi connectivity index (χ4v) is 2.74. The van der Waals surface area contributed by atoms with E-state index in [1.165, 1.54) is 0 Å². The second kappa shape index (κ2) is 10.0. The Bertz CT molecular complexity index is 715. The number of carbonyl (C=O) groups excluding carboxylic acids is 1. The topological polar surface area (TPSA) is 94.1 Å². The van der Waals surface area contributed by atoms with Crippen molar-refractivity contribution in [1.29, 1.82) is 0 Å². The number of hydrogen-bond acceptors (Lipinski definition) is 6. The normalized spacial score (nSPS) is 13.1. The summed E-state index contributed by atoms with van der Waals surface area (Å²) in [5.74, 6) is 0.573. The minimum absolute atomic E-state index is 0.0201. The van der Waals surface area contributed by atoms with Gasteiger partial charge < -0.3 is 25.3 Å². The lowest BCUT2D eigenvalue weighted by molar-refractivity contribution is 0.0493. The summed E-state index contributed by atoms with van der Waals surface area (Å²) < 4.78 is 5.35. The van der Waals surface area contributed by atoms with Crippen molar-refractivity contribution in [2.24, 2.45) is 0 Å². The van der Waals surface area contributed by atoms with Crippen LogP contribution in [-0.2, 0) is 0 Å². The van der Waals surface area contributed by atoms with E-state index in [2.05, 4.69) is 10.8 Å². The van der Waals surface area contributed by atoms with Crippen molar-refractivity contribution in [1.82, 2.24) is 15.7 Å². The molecule has 0 spiro atoms. The maximum atomic E-state index is 12.7. The zero-order valence-electron chi connectivity index (χ0n) is 15.8. The highest BCUT2D eigenvalue weighted by atomic mass is 16.5. The van der Waals surface area contributed by atoms with Crippen LogP contribution in [0.5, 0.6) is 5.75 Å². The monoisotopic (exact) mass is 373 g/mol. The van der Waals surface area contributed by atoms with Gasteiger partial charge in [0.25, 0.3) is 5.91 Å². The summed E-state index contributed by atoms with van der Waals surface area (Å²) in [6.07, 6.45) is -0.426. The number of carbonyl (C=O) groups is 1. The lowest BCUT2D eigenvalue weighted by Crippen LogP contribution is -2.54. The van der Waals surface area contributed by atoms with Gasteiger partial charge in [0, 0.05) is 12.6 Å². The van der Waals surface area contributed by atoms with Crippen LogP contribution in [0.25, 0.3) is 11.1 Å². The standard InChI is InChI=1S/C20H27N3O4/c1-14(19(21-2)22-26)23(3)20(25)17-6-4-15(5-7-17)16-8-10-18(11-9-16)27-13-12-24/h4-11,14,19,21-22,24,26H,12-13H2,1-3H3. The molecule has 0 aliphatic rings. The van der Waals surface area contributed by atoms with Crippen molar-refractivity contribution in [2.75, 3.05) is 27.3 Å². The number of rotatable bonds is 9. The summed E-state index contributed by atoms with van der Waals surface area (Å²) in [6, 6.07) is 14.7. The smallest absolute Gasteiger partial charge is 0.253 e. The van der Waals surface area contributed by atoms with Crippen molar-refractivity contribution in [2.45, 2.75) is 19.1 Å². The number of amides is 1. The van der Waals surface area contributed by atoms with Gasteiger partial charge in [0.15, 0.2) is 0 Å². The molecule has 2 aromatic rings. The van der Waals surface area contributed by atoms with E-state index in [0.717, 1.165) is 11.1 Å². The van der Waals surface area contributed by atoms with Crippen LogP contribution in [0.2, 0.25) is 0 Å². The molecular formula is C20H27N3O4. The van der Waals surface area contributed by atoms with E-state index in [1.54, 1.807) is 31.1 Å². The number of hydroxylamine groups is 1. The van der Waals surface area contributed by atoms with Crippen LogP contribution in [0.15, 0.2) is 48.5 Å². The minimum atomic E-state index is -0.426. The second-order valence-corrected chi connectivity index (χ2v) is 6.23. The Kier molecular flexibility index (Phi) is 7.75. The Morgan fingerprint density at radius 3 is 2.15 bits per heavy atom. The molecule has 0 aliphatic heterocycles. The van der Waals surface area contributed by atoms with Gasteiger partial charge in [-0.15, -0.1) is 0 Å². The summed E-state index contributed by atoms with van der Waals surface area (Å²) >= 11 is 0. The van der Waals surface area contributed by atoms with Crippen molar-refractivity contribution >= 4 is 5.91 Å². The van der Waals surface area contributed by atoms with Crippen molar-refractivity contribution in [3.05, 3.63) is 54.1 Å². The van der Waals surface area contributed by atoms with E-state index in [4.69, 9.17) is 15.1 Å². The number of aliphatic hydroxyl groups is 1. The predicted molar refractivity (Wildman–Crippen MR) is 104 cm³/mol. The number of ether oxygens (including phenoxy) is 1. The largest absolute Gasteiger partial charge is 0.491 e. The van der Waals surface area contributed by atoms with E-state index < -0.39 is 6.17 Å². The highest BCUT2D eigenvalue weighted by Gasteiger charge is 2.23. The van der Waals surface area contributed by atoms with Crippen molar-refractivity contribution in [3.8, 4) is 16.9 Å². The Morgan fingerprint density at radius 2 is 1.67 bits per heavy atom. The molecule has 0 heterocycles.